The average molecular weight is 802 g/mol. The summed E-state index contributed by atoms with van der Waals surface area (Å²) in [4.78, 5) is 21.8. The first-order valence-electron chi connectivity index (χ1n) is 17.8. The molecular weight excluding hydrogens is 742 g/mol. The maximum Gasteiger partial charge on any atom is 0.329 e. The highest BCUT2D eigenvalue weighted by Crippen LogP contribution is 2.10. The lowest BCUT2D eigenvalue weighted by molar-refractivity contribution is -0.143. The zero-order valence-corrected chi connectivity index (χ0v) is 31.9. The molecule has 314 valence electrons. The van der Waals surface area contributed by atoms with Gasteiger partial charge in [0.05, 0.1) is 157 Å². The Morgan fingerprint density at radius 2 is 0.759 bits per heavy atom. The van der Waals surface area contributed by atoms with Gasteiger partial charge >= 0.3 is 5.97 Å². The maximum atomic E-state index is 12.0. The van der Waals surface area contributed by atoms with Crippen molar-refractivity contribution in [3.05, 3.63) is 30.3 Å². The zero-order valence-electron chi connectivity index (χ0n) is 31.1. The Hall–Kier alpha value is -2.41. The standard InChI is InChI=1S/C34H59NO18S/c36-33(30-52-31-34(37)38)35-6-7-41-8-9-42-10-11-43-12-13-44-14-15-45-16-17-46-18-19-47-20-21-48-22-23-49-24-25-50-26-27-51-28-29-53-54(39,40)32-4-2-1-3-5-32/h1-5H,6-31H2,(H,35,36)(H,37,38). The van der Waals surface area contributed by atoms with Crippen molar-refractivity contribution in [2.24, 2.45) is 0 Å². The fourth-order valence-corrected chi connectivity index (χ4v) is 4.62. The fourth-order valence-electron chi connectivity index (χ4n) is 3.70. The van der Waals surface area contributed by atoms with E-state index < -0.39 is 28.6 Å². The van der Waals surface area contributed by atoms with Gasteiger partial charge in [-0.2, -0.15) is 8.42 Å². The number of nitrogens with one attached hydrogen (secondary N) is 1. The average Bonchev–Trinajstić information content (AvgIpc) is 3.16. The molecular formula is C34H59NO18S. The number of aliphatic carboxylic acids is 1. The highest BCUT2D eigenvalue weighted by molar-refractivity contribution is 7.86. The Balaban J connectivity index is 1.65. The molecule has 0 unspecified atom stereocenters. The van der Waals surface area contributed by atoms with Crippen molar-refractivity contribution >= 4 is 22.0 Å². The van der Waals surface area contributed by atoms with Crippen LogP contribution in [0.1, 0.15) is 0 Å². The van der Waals surface area contributed by atoms with Crippen molar-refractivity contribution in [1.82, 2.24) is 5.32 Å². The van der Waals surface area contributed by atoms with Crippen LogP contribution in [0.25, 0.3) is 0 Å². The number of carbonyl (C=O) groups is 2. The van der Waals surface area contributed by atoms with Gasteiger partial charge < -0.3 is 67.3 Å². The number of hydrogen-bond acceptors (Lipinski definition) is 17. The molecule has 19 nitrogen and oxygen atoms in total. The predicted molar refractivity (Wildman–Crippen MR) is 190 cm³/mol. The first-order chi connectivity index (χ1) is 26.4. The minimum atomic E-state index is -3.77. The summed E-state index contributed by atoms with van der Waals surface area (Å²) < 4.78 is 93.1. The highest BCUT2D eigenvalue weighted by Gasteiger charge is 2.13. The molecule has 0 aromatic heterocycles. The van der Waals surface area contributed by atoms with Crippen LogP contribution in [0, 0.1) is 0 Å². The van der Waals surface area contributed by atoms with Gasteiger partial charge in [-0.1, -0.05) is 18.2 Å². The molecule has 0 aliphatic rings. The van der Waals surface area contributed by atoms with E-state index in [0.717, 1.165) is 0 Å². The maximum absolute atomic E-state index is 12.0. The number of carbonyl (C=O) groups excluding carboxylic acids is 1. The molecule has 0 spiro atoms. The number of rotatable bonds is 42. The monoisotopic (exact) mass is 801 g/mol. The van der Waals surface area contributed by atoms with E-state index in [1.165, 1.54) is 12.1 Å². The number of benzene rings is 1. The molecule has 0 saturated carbocycles. The van der Waals surface area contributed by atoms with Gasteiger partial charge in [-0.25, -0.2) is 4.79 Å². The van der Waals surface area contributed by atoms with Gasteiger partial charge in [0.2, 0.25) is 5.91 Å². The highest BCUT2D eigenvalue weighted by atomic mass is 32.2. The predicted octanol–water partition coefficient (Wildman–Crippen LogP) is -0.208. The largest absolute Gasteiger partial charge is 0.480 e. The van der Waals surface area contributed by atoms with E-state index in [-0.39, 0.29) is 24.7 Å². The van der Waals surface area contributed by atoms with E-state index >= 15 is 0 Å². The Kier molecular flexibility index (Phi) is 34.5. The quantitative estimate of drug-likeness (QED) is 0.0645. The molecule has 0 bridgehead atoms. The van der Waals surface area contributed by atoms with Gasteiger partial charge in [0.1, 0.15) is 13.2 Å². The molecule has 1 aromatic carbocycles. The SMILES string of the molecule is O=C(O)COCC(=O)NCCOCCOCCOCCOCCOCCOCCOCCOCCOCCOCCOCCOS(=O)(=O)c1ccccc1. The van der Waals surface area contributed by atoms with E-state index in [1.807, 2.05) is 0 Å². The lowest BCUT2D eigenvalue weighted by Gasteiger charge is -2.09. The van der Waals surface area contributed by atoms with Crippen molar-refractivity contribution in [3.8, 4) is 0 Å². The summed E-state index contributed by atoms with van der Waals surface area (Å²) in [6.07, 6.45) is 0. The Morgan fingerprint density at radius 3 is 1.09 bits per heavy atom. The molecule has 0 radical (unpaired) electrons. The lowest BCUT2D eigenvalue weighted by Crippen LogP contribution is -2.31. The van der Waals surface area contributed by atoms with Crippen LogP contribution >= 0.6 is 0 Å². The second kappa shape index (κ2) is 37.5. The van der Waals surface area contributed by atoms with Gasteiger partial charge in [-0.3, -0.25) is 8.98 Å². The minimum absolute atomic E-state index is 0.0691. The van der Waals surface area contributed by atoms with Gasteiger partial charge in [0.15, 0.2) is 0 Å². The number of carboxylic acid groups (broad SMARTS) is 1. The van der Waals surface area contributed by atoms with Crippen molar-refractivity contribution in [2.45, 2.75) is 4.90 Å². The molecule has 0 fully saturated rings. The molecule has 0 saturated heterocycles. The Labute approximate surface area is 318 Å². The molecule has 2 N–H and O–H groups in total. The van der Waals surface area contributed by atoms with Crippen molar-refractivity contribution in [1.29, 1.82) is 0 Å². The second-order valence-corrected chi connectivity index (χ2v) is 12.2. The molecule has 0 atom stereocenters. The van der Waals surface area contributed by atoms with Crippen molar-refractivity contribution in [2.75, 3.05) is 172 Å². The van der Waals surface area contributed by atoms with Crippen molar-refractivity contribution < 1.29 is 84.1 Å². The molecule has 1 rings (SSSR count). The van der Waals surface area contributed by atoms with E-state index in [0.29, 0.717) is 145 Å². The smallest absolute Gasteiger partial charge is 0.329 e. The number of amides is 1. The summed E-state index contributed by atoms with van der Waals surface area (Å²) in [6, 6.07) is 7.94. The van der Waals surface area contributed by atoms with Crippen LogP contribution in [0.3, 0.4) is 0 Å². The third-order valence-electron chi connectivity index (χ3n) is 6.25. The summed E-state index contributed by atoms with van der Waals surface area (Å²) in [6.45, 7) is 8.40. The first kappa shape index (κ1) is 49.6. The van der Waals surface area contributed by atoms with Gasteiger partial charge in [-0.05, 0) is 12.1 Å². The van der Waals surface area contributed by atoms with Crippen LogP contribution in [0.15, 0.2) is 35.2 Å². The molecule has 1 amide bonds. The molecule has 20 heteroatoms. The lowest BCUT2D eigenvalue weighted by atomic mass is 10.4. The van der Waals surface area contributed by atoms with E-state index in [1.54, 1.807) is 18.2 Å². The topological polar surface area (TPSA) is 221 Å². The molecule has 0 aliphatic heterocycles. The number of hydrogen-bond donors (Lipinski definition) is 2. The van der Waals surface area contributed by atoms with Crippen LogP contribution in [0.4, 0.5) is 0 Å². The zero-order chi connectivity index (χ0) is 39.1. The first-order valence-corrected chi connectivity index (χ1v) is 19.2. The van der Waals surface area contributed by atoms with Crippen LogP contribution in [0.5, 0.6) is 0 Å². The molecule has 0 aliphatic carbocycles. The molecule has 1 aromatic rings. The fraction of sp³-hybridized carbons (Fsp3) is 0.765. The Morgan fingerprint density at radius 1 is 0.444 bits per heavy atom. The minimum Gasteiger partial charge on any atom is -0.480 e. The normalized spacial score (nSPS) is 11.6. The second-order valence-electron chi connectivity index (χ2n) is 10.6. The van der Waals surface area contributed by atoms with Crippen LogP contribution < -0.4 is 5.32 Å². The Bertz CT molecular complexity index is 1100. The van der Waals surface area contributed by atoms with Crippen molar-refractivity contribution in [3.63, 3.8) is 0 Å². The molecule has 0 heterocycles. The number of carboxylic acids is 1. The van der Waals surface area contributed by atoms with Gasteiger partial charge in [0, 0.05) is 6.54 Å². The summed E-state index contributed by atoms with van der Waals surface area (Å²) >= 11 is 0. The van der Waals surface area contributed by atoms with E-state index in [2.05, 4.69) is 10.1 Å². The number of ether oxygens (including phenoxy) is 12. The van der Waals surface area contributed by atoms with Crippen LogP contribution in [-0.4, -0.2) is 197 Å². The van der Waals surface area contributed by atoms with Gasteiger partial charge in [0.25, 0.3) is 10.1 Å². The van der Waals surface area contributed by atoms with Crippen LogP contribution in [-0.2, 0) is 80.7 Å². The summed E-state index contributed by atoms with van der Waals surface area (Å²) in [5.41, 5.74) is 0. The van der Waals surface area contributed by atoms with Gasteiger partial charge in [-0.15, -0.1) is 0 Å². The third-order valence-corrected chi connectivity index (χ3v) is 7.57. The van der Waals surface area contributed by atoms with E-state index in [9.17, 15) is 18.0 Å². The van der Waals surface area contributed by atoms with Crippen LogP contribution in [0.2, 0.25) is 0 Å². The summed E-state index contributed by atoms with van der Waals surface area (Å²) in [5.74, 6) is -1.53. The third kappa shape index (κ3) is 34.1. The van der Waals surface area contributed by atoms with E-state index in [4.69, 9.17) is 61.4 Å². The summed E-state index contributed by atoms with van der Waals surface area (Å²) in [7, 11) is -3.77. The molecule has 54 heavy (non-hydrogen) atoms. The summed E-state index contributed by atoms with van der Waals surface area (Å²) in [5, 5.41) is 11.0.